The summed E-state index contributed by atoms with van der Waals surface area (Å²) in [5.41, 5.74) is -1.10. The Labute approximate surface area is 98.8 Å². The standard InChI is InChI=1S/C12H26N2O2/c1-6-12(16,7-2)9-14-8-11(3,4)10(15)13-5/h14,16H,6-9H2,1-5H3,(H,13,15). The van der Waals surface area contributed by atoms with Gasteiger partial charge in [0.15, 0.2) is 0 Å². The average Bonchev–Trinajstić information content (AvgIpc) is 2.27. The molecule has 16 heavy (non-hydrogen) atoms. The lowest BCUT2D eigenvalue weighted by molar-refractivity contribution is -0.128. The summed E-state index contributed by atoms with van der Waals surface area (Å²) < 4.78 is 0. The highest BCUT2D eigenvalue weighted by Crippen LogP contribution is 2.16. The maximum absolute atomic E-state index is 11.5. The van der Waals surface area contributed by atoms with Gasteiger partial charge in [0.1, 0.15) is 0 Å². The molecule has 3 N–H and O–H groups in total. The zero-order chi connectivity index (χ0) is 12.8. The Balaban J connectivity index is 4.11. The molecule has 0 spiro atoms. The fraction of sp³-hybridized carbons (Fsp3) is 0.917. The average molecular weight is 230 g/mol. The highest BCUT2D eigenvalue weighted by Gasteiger charge is 2.28. The molecule has 96 valence electrons. The summed E-state index contributed by atoms with van der Waals surface area (Å²) in [6, 6.07) is 0. The van der Waals surface area contributed by atoms with Crippen molar-refractivity contribution in [1.29, 1.82) is 0 Å². The van der Waals surface area contributed by atoms with E-state index in [4.69, 9.17) is 0 Å². The maximum atomic E-state index is 11.5. The molecule has 0 fully saturated rings. The summed E-state index contributed by atoms with van der Waals surface area (Å²) >= 11 is 0. The molecule has 0 rings (SSSR count). The quantitative estimate of drug-likeness (QED) is 0.609. The molecule has 0 aromatic heterocycles. The van der Waals surface area contributed by atoms with E-state index in [1.54, 1.807) is 7.05 Å². The molecule has 0 saturated heterocycles. The zero-order valence-corrected chi connectivity index (χ0v) is 11.2. The third-order valence-electron chi connectivity index (χ3n) is 3.18. The van der Waals surface area contributed by atoms with Crippen molar-refractivity contribution in [3.8, 4) is 0 Å². The van der Waals surface area contributed by atoms with E-state index < -0.39 is 11.0 Å². The van der Waals surface area contributed by atoms with Crippen LogP contribution in [-0.2, 0) is 4.79 Å². The molecule has 0 radical (unpaired) electrons. The van der Waals surface area contributed by atoms with Crippen LogP contribution in [0.25, 0.3) is 0 Å². The third kappa shape index (κ3) is 4.49. The molecule has 0 aliphatic heterocycles. The van der Waals surface area contributed by atoms with Gasteiger partial charge in [-0.2, -0.15) is 0 Å². The first-order chi connectivity index (χ1) is 7.31. The van der Waals surface area contributed by atoms with Crippen molar-refractivity contribution in [2.24, 2.45) is 5.41 Å². The topological polar surface area (TPSA) is 61.4 Å². The van der Waals surface area contributed by atoms with E-state index >= 15 is 0 Å². The molecule has 0 aliphatic carbocycles. The highest BCUT2D eigenvalue weighted by atomic mass is 16.3. The second-order valence-electron chi connectivity index (χ2n) is 5.00. The lowest BCUT2D eigenvalue weighted by atomic mass is 9.91. The maximum Gasteiger partial charge on any atom is 0.226 e. The van der Waals surface area contributed by atoms with Crippen LogP contribution in [0.4, 0.5) is 0 Å². The molecule has 4 heteroatoms. The lowest BCUT2D eigenvalue weighted by Crippen LogP contribution is -2.47. The summed E-state index contributed by atoms with van der Waals surface area (Å²) in [4.78, 5) is 11.5. The predicted octanol–water partition coefficient (Wildman–Crippen LogP) is 0.899. The van der Waals surface area contributed by atoms with Crippen molar-refractivity contribution in [3.63, 3.8) is 0 Å². The van der Waals surface area contributed by atoms with Crippen LogP contribution in [0.3, 0.4) is 0 Å². The second kappa shape index (κ2) is 6.21. The summed E-state index contributed by atoms with van der Waals surface area (Å²) in [7, 11) is 1.64. The number of aliphatic hydroxyl groups is 1. The van der Waals surface area contributed by atoms with Gasteiger partial charge in [0, 0.05) is 20.1 Å². The molecular weight excluding hydrogens is 204 g/mol. The number of nitrogens with one attached hydrogen (secondary N) is 2. The molecule has 0 atom stereocenters. The van der Waals surface area contributed by atoms with E-state index in [-0.39, 0.29) is 5.91 Å². The minimum atomic E-state index is -0.654. The van der Waals surface area contributed by atoms with Gasteiger partial charge in [0.2, 0.25) is 5.91 Å². The molecular formula is C12H26N2O2. The Bertz CT molecular complexity index is 223. The molecule has 0 saturated carbocycles. The molecule has 0 aromatic carbocycles. The van der Waals surface area contributed by atoms with E-state index in [1.807, 2.05) is 27.7 Å². The largest absolute Gasteiger partial charge is 0.389 e. The van der Waals surface area contributed by atoms with Crippen LogP contribution in [0.5, 0.6) is 0 Å². The van der Waals surface area contributed by atoms with Crippen LogP contribution in [0, 0.1) is 5.41 Å². The van der Waals surface area contributed by atoms with Crippen LogP contribution in [0.1, 0.15) is 40.5 Å². The number of amides is 1. The van der Waals surface area contributed by atoms with E-state index in [9.17, 15) is 9.90 Å². The van der Waals surface area contributed by atoms with Crippen LogP contribution in [-0.4, -0.2) is 36.8 Å². The van der Waals surface area contributed by atoms with E-state index in [0.717, 1.165) is 12.8 Å². The number of rotatable bonds is 7. The van der Waals surface area contributed by atoms with E-state index in [0.29, 0.717) is 13.1 Å². The summed E-state index contributed by atoms with van der Waals surface area (Å²) in [6.07, 6.45) is 1.44. The van der Waals surface area contributed by atoms with Crippen molar-refractivity contribution >= 4 is 5.91 Å². The summed E-state index contributed by atoms with van der Waals surface area (Å²) in [5, 5.41) is 15.9. The number of carbonyl (C=O) groups excluding carboxylic acids is 1. The molecule has 0 aromatic rings. The Morgan fingerprint density at radius 2 is 1.69 bits per heavy atom. The first-order valence-electron chi connectivity index (χ1n) is 5.96. The Morgan fingerprint density at radius 1 is 1.19 bits per heavy atom. The number of carbonyl (C=O) groups is 1. The van der Waals surface area contributed by atoms with Gasteiger partial charge in [-0.3, -0.25) is 4.79 Å². The fourth-order valence-corrected chi connectivity index (χ4v) is 1.53. The third-order valence-corrected chi connectivity index (χ3v) is 3.18. The Kier molecular flexibility index (Phi) is 5.97. The SMILES string of the molecule is CCC(O)(CC)CNCC(C)(C)C(=O)NC. The molecule has 0 heterocycles. The number of hydrogen-bond donors (Lipinski definition) is 3. The molecule has 1 amide bonds. The smallest absolute Gasteiger partial charge is 0.226 e. The lowest BCUT2D eigenvalue weighted by Gasteiger charge is -2.29. The Morgan fingerprint density at radius 3 is 2.06 bits per heavy atom. The van der Waals surface area contributed by atoms with Crippen LogP contribution in [0.15, 0.2) is 0 Å². The van der Waals surface area contributed by atoms with Gasteiger partial charge < -0.3 is 15.7 Å². The van der Waals surface area contributed by atoms with Crippen molar-refractivity contribution in [2.45, 2.75) is 46.1 Å². The van der Waals surface area contributed by atoms with Gasteiger partial charge in [-0.05, 0) is 26.7 Å². The minimum absolute atomic E-state index is 0.0107. The van der Waals surface area contributed by atoms with Gasteiger partial charge in [-0.25, -0.2) is 0 Å². The van der Waals surface area contributed by atoms with Crippen molar-refractivity contribution in [2.75, 3.05) is 20.1 Å². The van der Waals surface area contributed by atoms with Gasteiger partial charge in [-0.1, -0.05) is 13.8 Å². The van der Waals surface area contributed by atoms with Gasteiger partial charge >= 0.3 is 0 Å². The van der Waals surface area contributed by atoms with Crippen LogP contribution < -0.4 is 10.6 Å². The van der Waals surface area contributed by atoms with Crippen LogP contribution in [0.2, 0.25) is 0 Å². The molecule has 4 nitrogen and oxygen atoms in total. The highest BCUT2D eigenvalue weighted by molar-refractivity contribution is 5.81. The fourth-order valence-electron chi connectivity index (χ4n) is 1.53. The first kappa shape index (κ1) is 15.4. The Hall–Kier alpha value is -0.610. The van der Waals surface area contributed by atoms with Crippen molar-refractivity contribution < 1.29 is 9.90 Å². The van der Waals surface area contributed by atoms with E-state index in [2.05, 4.69) is 10.6 Å². The van der Waals surface area contributed by atoms with Gasteiger partial charge in [0.05, 0.1) is 11.0 Å². The van der Waals surface area contributed by atoms with Crippen molar-refractivity contribution in [1.82, 2.24) is 10.6 Å². The molecule has 0 aliphatic rings. The number of hydrogen-bond acceptors (Lipinski definition) is 3. The van der Waals surface area contributed by atoms with E-state index in [1.165, 1.54) is 0 Å². The minimum Gasteiger partial charge on any atom is -0.389 e. The molecule has 0 unspecified atom stereocenters. The van der Waals surface area contributed by atoms with Crippen LogP contribution >= 0.6 is 0 Å². The first-order valence-corrected chi connectivity index (χ1v) is 5.96. The monoisotopic (exact) mass is 230 g/mol. The zero-order valence-electron chi connectivity index (χ0n) is 11.2. The van der Waals surface area contributed by atoms with Gasteiger partial charge in [-0.15, -0.1) is 0 Å². The second-order valence-corrected chi connectivity index (χ2v) is 5.00. The van der Waals surface area contributed by atoms with Crippen molar-refractivity contribution in [3.05, 3.63) is 0 Å². The molecule has 0 bridgehead atoms. The summed E-state index contributed by atoms with van der Waals surface area (Å²) in [5.74, 6) is 0.0107. The predicted molar refractivity (Wildman–Crippen MR) is 66.2 cm³/mol. The van der Waals surface area contributed by atoms with Gasteiger partial charge in [0.25, 0.3) is 0 Å². The summed E-state index contributed by atoms with van der Waals surface area (Å²) in [6.45, 7) is 8.80. The normalized spacial score (nSPS) is 12.6.